The number of ether oxygens (including phenoxy) is 2. The number of hydrogen-bond acceptors (Lipinski definition) is 4. The molecule has 1 aromatic carbocycles. The number of anilines is 1. The topological polar surface area (TPSA) is 47.6 Å². The lowest BCUT2D eigenvalue weighted by Gasteiger charge is -2.12. The lowest BCUT2D eigenvalue weighted by molar-refractivity contribution is -0.116. The van der Waals surface area contributed by atoms with Crippen molar-refractivity contribution in [1.82, 2.24) is 0 Å². The summed E-state index contributed by atoms with van der Waals surface area (Å²) >= 11 is 1.66. The number of amides is 1. The Morgan fingerprint density at radius 2 is 2.18 bits per heavy atom. The van der Waals surface area contributed by atoms with Crippen LogP contribution in [-0.4, -0.2) is 25.2 Å². The first-order valence-electron chi connectivity index (χ1n) is 7.45. The molecule has 1 N–H and O–H groups in total. The van der Waals surface area contributed by atoms with Crippen molar-refractivity contribution >= 4 is 22.9 Å². The van der Waals surface area contributed by atoms with Gasteiger partial charge >= 0.3 is 0 Å². The molecule has 1 aliphatic heterocycles. The van der Waals surface area contributed by atoms with Crippen molar-refractivity contribution in [3.05, 3.63) is 46.7 Å². The average molecular weight is 317 g/mol. The molecule has 5 heteroatoms. The molecule has 1 saturated heterocycles. The third-order valence-corrected chi connectivity index (χ3v) is 4.28. The summed E-state index contributed by atoms with van der Waals surface area (Å²) in [5.74, 6) is 0.843. The molecule has 0 saturated carbocycles. The zero-order chi connectivity index (χ0) is 15.2. The summed E-state index contributed by atoms with van der Waals surface area (Å²) in [5.41, 5.74) is 2.01. The Hall–Kier alpha value is -1.85. The highest BCUT2D eigenvalue weighted by Gasteiger charge is 2.16. The van der Waals surface area contributed by atoms with Crippen molar-refractivity contribution in [2.45, 2.75) is 25.4 Å². The molecule has 1 aromatic heterocycles. The zero-order valence-electron chi connectivity index (χ0n) is 12.3. The maximum absolute atomic E-state index is 11.9. The third-order valence-electron chi connectivity index (χ3n) is 3.55. The van der Waals surface area contributed by atoms with Crippen LogP contribution in [0.4, 0.5) is 5.69 Å². The Morgan fingerprint density at radius 3 is 2.86 bits per heavy atom. The number of nitrogens with one attached hydrogen (secondary N) is 1. The van der Waals surface area contributed by atoms with Gasteiger partial charge in [-0.2, -0.15) is 11.3 Å². The van der Waals surface area contributed by atoms with E-state index < -0.39 is 0 Å². The fourth-order valence-corrected chi connectivity index (χ4v) is 3.03. The summed E-state index contributed by atoms with van der Waals surface area (Å²) in [6.45, 7) is 1.42. The molecule has 1 fully saturated rings. The summed E-state index contributed by atoms with van der Waals surface area (Å²) < 4.78 is 11.1. The van der Waals surface area contributed by atoms with Crippen LogP contribution >= 0.6 is 11.3 Å². The molecule has 0 spiro atoms. The van der Waals surface area contributed by atoms with Crippen LogP contribution in [-0.2, 0) is 16.0 Å². The van der Waals surface area contributed by atoms with Gasteiger partial charge in [0.05, 0.1) is 13.2 Å². The molecule has 1 atom stereocenters. The Labute approximate surface area is 134 Å². The van der Waals surface area contributed by atoms with E-state index in [9.17, 15) is 4.79 Å². The highest BCUT2D eigenvalue weighted by molar-refractivity contribution is 7.07. The first-order valence-corrected chi connectivity index (χ1v) is 8.39. The minimum atomic E-state index is 0.0315. The minimum Gasteiger partial charge on any atom is -0.488 e. The Morgan fingerprint density at radius 1 is 1.32 bits per heavy atom. The van der Waals surface area contributed by atoms with Crippen molar-refractivity contribution in [2.24, 2.45) is 0 Å². The van der Waals surface area contributed by atoms with Crippen LogP contribution < -0.4 is 10.1 Å². The van der Waals surface area contributed by atoms with Crippen LogP contribution in [0, 0.1) is 0 Å². The lowest BCUT2D eigenvalue weighted by atomic mass is 10.2. The molecule has 4 nitrogen and oxygen atoms in total. The van der Waals surface area contributed by atoms with Gasteiger partial charge in [-0.1, -0.05) is 0 Å². The largest absolute Gasteiger partial charge is 0.488 e. The van der Waals surface area contributed by atoms with E-state index in [4.69, 9.17) is 9.47 Å². The van der Waals surface area contributed by atoms with Gasteiger partial charge in [0.1, 0.15) is 11.9 Å². The summed E-state index contributed by atoms with van der Waals surface area (Å²) in [4.78, 5) is 11.9. The monoisotopic (exact) mass is 317 g/mol. The predicted octanol–water partition coefficient (Wildman–Crippen LogP) is 3.49. The second-order valence-corrected chi connectivity index (χ2v) is 6.09. The van der Waals surface area contributed by atoms with Gasteiger partial charge < -0.3 is 14.8 Å². The number of rotatable bonds is 6. The normalized spacial score (nSPS) is 17.4. The van der Waals surface area contributed by atoms with Gasteiger partial charge in [-0.05, 0) is 53.1 Å². The Kier molecular flexibility index (Phi) is 5.08. The molecule has 0 aliphatic carbocycles. The van der Waals surface area contributed by atoms with E-state index in [-0.39, 0.29) is 12.0 Å². The van der Waals surface area contributed by atoms with Gasteiger partial charge in [-0.3, -0.25) is 4.79 Å². The molecule has 2 aromatic rings. The first-order chi connectivity index (χ1) is 10.8. The molecule has 116 valence electrons. The summed E-state index contributed by atoms with van der Waals surface area (Å²) in [6, 6.07) is 9.55. The maximum Gasteiger partial charge on any atom is 0.224 e. The number of carbonyl (C=O) groups is 1. The number of carbonyl (C=O) groups excluding carboxylic acids is 1. The maximum atomic E-state index is 11.9. The van der Waals surface area contributed by atoms with Crippen LogP contribution in [0.5, 0.6) is 5.75 Å². The van der Waals surface area contributed by atoms with Crippen LogP contribution in [0.3, 0.4) is 0 Å². The van der Waals surface area contributed by atoms with Crippen LogP contribution in [0.15, 0.2) is 41.1 Å². The number of aryl methyl sites for hydroxylation is 1. The molecule has 2 heterocycles. The van der Waals surface area contributed by atoms with E-state index in [0.717, 1.165) is 30.9 Å². The summed E-state index contributed by atoms with van der Waals surface area (Å²) in [6.07, 6.45) is 2.35. The Balaban J connectivity index is 1.46. The summed E-state index contributed by atoms with van der Waals surface area (Å²) in [5, 5.41) is 7.01. The van der Waals surface area contributed by atoms with E-state index in [1.165, 1.54) is 5.56 Å². The fourth-order valence-electron chi connectivity index (χ4n) is 2.33. The Bertz CT molecular complexity index is 589. The van der Waals surface area contributed by atoms with Crippen LogP contribution in [0.1, 0.15) is 18.4 Å². The highest BCUT2D eigenvalue weighted by atomic mass is 32.1. The van der Waals surface area contributed by atoms with Crippen LogP contribution in [0.2, 0.25) is 0 Å². The third kappa shape index (κ3) is 4.32. The van der Waals surface area contributed by atoms with Gasteiger partial charge in [0.2, 0.25) is 5.91 Å². The lowest BCUT2D eigenvalue weighted by Crippen LogP contribution is -2.15. The number of benzene rings is 1. The van der Waals surface area contributed by atoms with Crippen LogP contribution in [0.25, 0.3) is 0 Å². The molecular formula is C17H19NO3S. The standard InChI is InChI=1S/C17H19NO3S/c19-17(6-1-13-8-10-22-12-13)18-14-2-4-15(5-3-14)21-16-7-9-20-11-16/h2-5,8,10,12,16H,1,6-7,9,11H2,(H,18,19)/t16-/m1/s1. The van der Waals surface area contributed by atoms with Crippen molar-refractivity contribution < 1.29 is 14.3 Å². The van der Waals surface area contributed by atoms with Gasteiger partial charge in [0.15, 0.2) is 0 Å². The van der Waals surface area contributed by atoms with E-state index >= 15 is 0 Å². The number of hydrogen-bond donors (Lipinski definition) is 1. The van der Waals surface area contributed by atoms with E-state index in [1.807, 2.05) is 29.6 Å². The highest BCUT2D eigenvalue weighted by Crippen LogP contribution is 2.20. The van der Waals surface area contributed by atoms with Gasteiger partial charge in [-0.15, -0.1) is 0 Å². The molecule has 1 aliphatic rings. The van der Waals surface area contributed by atoms with E-state index in [0.29, 0.717) is 13.0 Å². The van der Waals surface area contributed by atoms with Crippen molar-refractivity contribution in [3.63, 3.8) is 0 Å². The average Bonchev–Trinajstić information content (AvgIpc) is 3.20. The van der Waals surface area contributed by atoms with Gasteiger partial charge in [0.25, 0.3) is 0 Å². The molecule has 0 unspecified atom stereocenters. The van der Waals surface area contributed by atoms with E-state index in [2.05, 4.69) is 16.8 Å². The zero-order valence-corrected chi connectivity index (χ0v) is 13.1. The molecule has 0 radical (unpaired) electrons. The second-order valence-electron chi connectivity index (χ2n) is 5.31. The number of thiophene rings is 1. The smallest absolute Gasteiger partial charge is 0.224 e. The second kappa shape index (κ2) is 7.42. The van der Waals surface area contributed by atoms with E-state index in [1.54, 1.807) is 11.3 Å². The quantitative estimate of drug-likeness (QED) is 0.887. The molecule has 22 heavy (non-hydrogen) atoms. The molecule has 3 rings (SSSR count). The van der Waals surface area contributed by atoms with Crippen molar-refractivity contribution in [1.29, 1.82) is 0 Å². The van der Waals surface area contributed by atoms with Crippen molar-refractivity contribution in [2.75, 3.05) is 18.5 Å². The predicted molar refractivity (Wildman–Crippen MR) is 87.6 cm³/mol. The first kappa shape index (κ1) is 15.1. The van der Waals surface area contributed by atoms with Crippen molar-refractivity contribution in [3.8, 4) is 5.75 Å². The molecule has 0 bridgehead atoms. The van der Waals surface area contributed by atoms with Gasteiger partial charge in [0, 0.05) is 18.5 Å². The fraction of sp³-hybridized carbons (Fsp3) is 0.353. The van der Waals surface area contributed by atoms with Gasteiger partial charge in [-0.25, -0.2) is 0 Å². The SMILES string of the molecule is O=C(CCc1ccsc1)Nc1ccc(O[C@@H]2CCOC2)cc1. The summed E-state index contributed by atoms with van der Waals surface area (Å²) in [7, 11) is 0. The minimum absolute atomic E-state index is 0.0315. The molecular weight excluding hydrogens is 298 g/mol. The molecule has 1 amide bonds.